The van der Waals surface area contributed by atoms with E-state index in [1.54, 1.807) is 10.9 Å². The molecule has 3 N–H and O–H groups in total. The second-order valence-electron chi connectivity index (χ2n) is 6.49. The normalized spacial score (nSPS) is 14.1. The number of hydrogen-bond acceptors (Lipinski definition) is 5. The van der Waals surface area contributed by atoms with Crippen molar-refractivity contribution in [2.75, 3.05) is 6.54 Å². The molecule has 1 saturated carbocycles. The zero-order valence-electron chi connectivity index (χ0n) is 14.8. The minimum atomic E-state index is -0.238. The number of nitrogens with one attached hydrogen (secondary N) is 1. The second-order valence-corrected chi connectivity index (χ2v) is 6.49. The van der Waals surface area contributed by atoms with Gasteiger partial charge in [0.2, 0.25) is 0 Å². The summed E-state index contributed by atoms with van der Waals surface area (Å²) in [6.07, 6.45) is 4.06. The lowest BCUT2D eigenvalue weighted by Gasteiger charge is -2.11. The van der Waals surface area contributed by atoms with Crippen LogP contribution in [0.4, 0.5) is 0 Å². The van der Waals surface area contributed by atoms with Crippen LogP contribution in [-0.2, 0) is 0 Å². The summed E-state index contributed by atoms with van der Waals surface area (Å²) < 4.78 is 1.68. The molecule has 9 heteroatoms. The highest BCUT2D eigenvalue weighted by molar-refractivity contribution is 5.94. The number of aromatic nitrogens is 4. The first-order chi connectivity index (χ1) is 12.1. The fraction of sp³-hybridized carbons (Fsp3) is 0.333. The number of amides is 1. The van der Waals surface area contributed by atoms with E-state index in [-0.39, 0.29) is 36.8 Å². The van der Waals surface area contributed by atoms with Crippen molar-refractivity contribution in [1.82, 2.24) is 25.3 Å². The summed E-state index contributed by atoms with van der Waals surface area (Å²) in [4.78, 5) is 16.8. The van der Waals surface area contributed by atoms with Crippen molar-refractivity contribution in [3.63, 3.8) is 0 Å². The minimum absolute atomic E-state index is 0. The van der Waals surface area contributed by atoms with Crippen molar-refractivity contribution < 1.29 is 4.79 Å². The molecule has 1 aromatic carbocycles. The highest BCUT2D eigenvalue weighted by Gasteiger charge is 2.29. The number of carbonyl (C=O) groups excluding carboxylic acids is 1. The highest BCUT2D eigenvalue weighted by atomic mass is 35.5. The molecule has 1 atom stereocenters. The molecule has 1 aliphatic carbocycles. The molecule has 1 amide bonds. The number of benzene rings is 1. The molecule has 1 fully saturated rings. The summed E-state index contributed by atoms with van der Waals surface area (Å²) in [6.45, 7) is 2.30. The van der Waals surface area contributed by atoms with E-state index >= 15 is 0 Å². The number of hydrogen-bond donors (Lipinski definition) is 2. The third kappa shape index (κ3) is 4.21. The maximum Gasteiger partial charge on any atom is 0.273 e. The Morgan fingerprint density at radius 3 is 2.81 bits per heavy atom. The molecule has 2 heterocycles. The highest BCUT2D eigenvalue weighted by Crippen LogP contribution is 2.31. The zero-order chi connectivity index (χ0) is 17.4. The molecule has 0 saturated heterocycles. The summed E-state index contributed by atoms with van der Waals surface area (Å²) in [7, 11) is 0. The average Bonchev–Trinajstić information content (AvgIpc) is 3.42. The number of nitrogens with two attached hydrogens (primary N) is 1. The van der Waals surface area contributed by atoms with Gasteiger partial charge in [-0.25, -0.2) is 4.68 Å². The Morgan fingerprint density at radius 1 is 1.30 bits per heavy atom. The van der Waals surface area contributed by atoms with E-state index in [1.165, 1.54) is 0 Å². The third-order valence-electron chi connectivity index (χ3n) is 4.69. The van der Waals surface area contributed by atoms with Crippen molar-refractivity contribution >= 4 is 41.6 Å². The second kappa shape index (κ2) is 8.65. The van der Waals surface area contributed by atoms with E-state index in [9.17, 15) is 4.79 Å². The lowest BCUT2D eigenvalue weighted by Crippen LogP contribution is -2.38. The summed E-state index contributed by atoms with van der Waals surface area (Å²) in [6, 6.07) is 9.68. The maximum absolute atomic E-state index is 12.4. The van der Waals surface area contributed by atoms with Gasteiger partial charge in [-0.3, -0.25) is 9.78 Å². The first-order valence-corrected chi connectivity index (χ1v) is 8.45. The number of rotatable bonds is 5. The zero-order valence-corrected chi connectivity index (χ0v) is 16.5. The lowest BCUT2D eigenvalue weighted by atomic mass is 10.1. The van der Waals surface area contributed by atoms with E-state index in [2.05, 4.69) is 20.6 Å². The molecule has 3 aromatic rings. The van der Waals surface area contributed by atoms with Crippen LogP contribution in [0.25, 0.3) is 16.6 Å². The summed E-state index contributed by atoms with van der Waals surface area (Å²) in [5, 5.41) is 12.1. The van der Waals surface area contributed by atoms with Gasteiger partial charge in [-0.05, 0) is 49.9 Å². The van der Waals surface area contributed by atoms with Gasteiger partial charge in [0.25, 0.3) is 5.91 Å². The first kappa shape index (κ1) is 21.1. The van der Waals surface area contributed by atoms with E-state index in [0.717, 1.165) is 29.4 Å². The van der Waals surface area contributed by atoms with Crippen LogP contribution in [0, 0.1) is 12.8 Å². The Kier molecular flexibility index (Phi) is 6.75. The molecule has 144 valence electrons. The van der Waals surface area contributed by atoms with Crippen LogP contribution >= 0.6 is 24.8 Å². The van der Waals surface area contributed by atoms with Gasteiger partial charge in [-0.2, -0.15) is 0 Å². The standard InChI is InChI=1S/C18H20N6O.2ClH/c1-11-17(18(25)21-10-14(19)12-7-8-12)22-23-24(11)16-6-2-5-15-13(16)4-3-9-20-15;;/h2-6,9,12,14H,7-8,10,19H2,1H3,(H,21,25);2*1H. The first-order valence-electron chi connectivity index (χ1n) is 8.45. The molecule has 27 heavy (non-hydrogen) atoms. The third-order valence-corrected chi connectivity index (χ3v) is 4.69. The van der Waals surface area contributed by atoms with Crippen molar-refractivity contribution in [2.24, 2.45) is 11.7 Å². The fourth-order valence-corrected chi connectivity index (χ4v) is 3.02. The van der Waals surface area contributed by atoms with Crippen LogP contribution in [-0.4, -0.2) is 38.5 Å². The molecule has 4 rings (SSSR count). The molecular weight excluding hydrogens is 387 g/mol. The van der Waals surface area contributed by atoms with Crippen LogP contribution in [0.15, 0.2) is 36.5 Å². The van der Waals surface area contributed by atoms with Crippen LogP contribution in [0.2, 0.25) is 0 Å². The number of carbonyl (C=O) groups is 1. The quantitative estimate of drug-likeness (QED) is 0.675. The van der Waals surface area contributed by atoms with Crippen molar-refractivity contribution in [2.45, 2.75) is 25.8 Å². The largest absolute Gasteiger partial charge is 0.349 e. The van der Waals surface area contributed by atoms with Crippen LogP contribution in [0.5, 0.6) is 0 Å². The van der Waals surface area contributed by atoms with Gasteiger partial charge >= 0.3 is 0 Å². The monoisotopic (exact) mass is 408 g/mol. The molecule has 0 spiro atoms. The predicted molar refractivity (Wildman–Crippen MR) is 109 cm³/mol. The van der Waals surface area contributed by atoms with Gasteiger partial charge in [-0.1, -0.05) is 11.3 Å². The van der Waals surface area contributed by atoms with Crippen molar-refractivity contribution in [3.05, 3.63) is 47.9 Å². The number of fused-ring (bicyclic) bond motifs is 1. The molecule has 1 aliphatic rings. The van der Waals surface area contributed by atoms with Crippen molar-refractivity contribution in [1.29, 1.82) is 0 Å². The smallest absolute Gasteiger partial charge is 0.273 e. The Morgan fingerprint density at radius 2 is 2.07 bits per heavy atom. The molecular formula is C18H22Cl2N6O. The molecule has 0 radical (unpaired) electrons. The lowest BCUT2D eigenvalue weighted by molar-refractivity contribution is 0.0944. The van der Waals surface area contributed by atoms with Crippen LogP contribution in [0.3, 0.4) is 0 Å². The summed E-state index contributed by atoms with van der Waals surface area (Å²) in [5.41, 5.74) is 8.77. The minimum Gasteiger partial charge on any atom is -0.349 e. The number of nitrogens with zero attached hydrogens (tertiary/aromatic N) is 4. The van der Waals surface area contributed by atoms with E-state index < -0.39 is 0 Å². The van der Waals surface area contributed by atoms with Gasteiger partial charge in [0.1, 0.15) is 0 Å². The van der Waals surface area contributed by atoms with E-state index in [1.807, 2.05) is 37.3 Å². The summed E-state index contributed by atoms with van der Waals surface area (Å²) >= 11 is 0. The Labute approximate surface area is 169 Å². The molecule has 7 nitrogen and oxygen atoms in total. The Bertz CT molecular complexity index is 935. The average molecular weight is 409 g/mol. The number of halogens is 2. The van der Waals surface area contributed by atoms with Crippen molar-refractivity contribution in [3.8, 4) is 5.69 Å². The van der Waals surface area contributed by atoms with Crippen LogP contribution in [0.1, 0.15) is 29.0 Å². The number of pyridine rings is 1. The van der Waals surface area contributed by atoms with E-state index in [4.69, 9.17) is 5.73 Å². The Balaban J connectivity index is 0.00000131. The summed E-state index contributed by atoms with van der Waals surface area (Å²) in [5.74, 6) is 0.304. The van der Waals surface area contributed by atoms with Gasteiger partial charge < -0.3 is 11.1 Å². The van der Waals surface area contributed by atoms with Gasteiger partial charge in [0, 0.05) is 24.2 Å². The van der Waals surface area contributed by atoms with E-state index in [0.29, 0.717) is 23.9 Å². The van der Waals surface area contributed by atoms with Gasteiger partial charge in [-0.15, -0.1) is 29.9 Å². The molecule has 0 bridgehead atoms. The fourth-order valence-electron chi connectivity index (χ4n) is 3.02. The predicted octanol–water partition coefficient (Wildman–Crippen LogP) is 2.43. The molecule has 0 aliphatic heterocycles. The SMILES string of the molecule is Cc1c(C(=O)NCC(N)C2CC2)nnn1-c1cccc2ncccc12.Cl.Cl. The topological polar surface area (TPSA) is 98.7 Å². The maximum atomic E-state index is 12.4. The van der Waals surface area contributed by atoms with Gasteiger partial charge in [0.05, 0.1) is 16.9 Å². The van der Waals surface area contributed by atoms with Gasteiger partial charge in [0.15, 0.2) is 5.69 Å². The Hall–Kier alpha value is -2.22. The molecule has 1 unspecified atom stereocenters. The molecule has 2 aromatic heterocycles. The van der Waals surface area contributed by atoms with Crippen LogP contribution < -0.4 is 11.1 Å².